The maximum Gasteiger partial charge on any atom is 0.0991 e. The number of nitrogens with zero attached hydrogens (tertiary/aromatic N) is 1. The van der Waals surface area contributed by atoms with Crippen LogP contribution in [0, 0.1) is 11.3 Å². The van der Waals surface area contributed by atoms with Crippen LogP contribution in [0.4, 0.5) is 5.69 Å². The lowest BCUT2D eigenvalue weighted by molar-refractivity contribution is 1.49. The first-order valence-electron chi connectivity index (χ1n) is 2.77. The maximum absolute atomic E-state index is 8.41. The summed E-state index contributed by atoms with van der Waals surface area (Å²) in [6.07, 6.45) is 0. The first-order chi connectivity index (χ1) is 4.86. The molecule has 0 saturated heterocycles. The van der Waals surface area contributed by atoms with Crippen LogP contribution in [-0.4, -0.2) is 0 Å². The number of thiol groups is 1. The van der Waals surface area contributed by atoms with Gasteiger partial charge in [-0.05, 0) is 24.3 Å². The van der Waals surface area contributed by atoms with Gasteiger partial charge in [-0.3, -0.25) is 0 Å². The van der Waals surface area contributed by atoms with E-state index in [0.29, 0.717) is 5.56 Å². The van der Waals surface area contributed by atoms with E-state index < -0.39 is 0 Å². The lowest BCUT2D eigenvalue weighted by Gasteiger charge is -1.95. The van der Waals surface area contributed by atoms with E-state index in [1.807, 2.05) is 6.07 Å². The number of anilines is 1. The van der Waals surface area contributed by atoms with Crippen molar-refractivity contribution >= 4 is 18.5 Å². The largest absolute Gasteiger partial charge is 0.332 e. The molecule has 0 aliphatic carbocycles. The van der Waals surface area contributed by atoms with E-state index in [4.69, 9.17) is 5.26 Å². The number of nitriles is 1. The van der Waals surface area contributed by atoms with Crippen molar-refractivity contribution < 1.29 is 0 Å². The van der Waals surface area contributed by atoms with Crippen molar-refractivity contribution in [2.45, 2.75) is 0 Å². The van der Waals surface area contributed by atoms with Crippen molar-refractivity contribution in [3.05, 3.63) is 29.8 Å². The van der Waals surface area contributed by atoms with Crippen molar-refractivity contribution in [2.75, 3.05) is 4.72 Å². The molecule has 2 nitrogen and oxygen atoms in total. The monoisotopic (exact) mass is 150 g/mol. The highest BCUT2D eigenvalue weighted by Gasteiger charge is 1.88. The second-order valence-corrected chi connectivity index (χ2v) is 2.02. The van der Waals surface area contributed by atoms with Gasteiger partial charge in [-0.2, -0.15) is 5.26 Å². The van der Waals surface area contributed by atoms with Gasteiger partial charge in [0.05, 0.1) is 11.6 Å². The fourth-order valence-corrected chi connectivity index (χ4v) is 0.768. The highest BCUT2D eigenvalue weighted by atomic mass is 32.1. The standard InChI is InChI=1S/C7H6N2S/c8-5-6-1-3-7(9-10)4-2-6/h1-4,9-10H. The molecule has 0 bridgehead atoms. The Labute approximate surface area is 65.0 Å². The van der Waals surface area contributed by atoms with E-state index in [-0.39, 0.29) is 0 Å². The van der Waals surface area contributed by atoms with E-state index in [1.54, 1.807) is 24.3 Å². The number of benzene rings is 1. The molecule has 0 aliphatic rings. The predicted molar refractivity (Wildman–Crippen MR) is 43.8 cm³/mol. The summed E-state index contributed by atoms with van der Waals surface area (Å²) in [5.41, 5.74) is 1.55. The molecule has 0 saturated carbocycles. The van der Waals surface area contributed by atoms with Crippen LogP contribution in [0.1, 0.15) is 5.56 Å². The molecule has 1 rings (SSSR count). The van der Waals surface area contributed by atoms with Crippen LogP contribution in [0.25, 0.3) is 0 Å². The van der Waals surface area contributed by atoms with E-state index >= 15 is 0 Å². The third-order valence-electron chi connectivity index (χ3n) is 1.14. The first-order valence-corrected chi connectivity index (χ1v) is 3.22. The summed E-state index contributed by atoms with van der Waals surface area (Å²) in [4.78, 5) is 0. The van der Waals surface area contributed by atoms with Gasteiger partial charge in [0.1, 0.15) is 0 Å². The number of nitrogens with one attached hydrogen (secondary N) is 1. The van der Waals surface area contributed by atoms with Gasteiger partial charge in [0.25, 0.3) is 0 Å². The summed E-state index contributed by atoms with van der Waals surface area (Å²) in [5.74, 6) is 0. The molecule has 0 aliphatic heterocycles. The SMILES string of the molecule is N#Cc1ccc(NS)cc1. The molecule has 0 spiro atoms. The van der Waals surface area contributed by atoms with Crippen LogP contribution in [0.2, 0.25) is 0 Å². The van der Waals surface area contributed by atoms with Gasteiger partial charge in [0.15, 0.2) is 0 Å². The molecule has 0 amide bonds. The number of hydrogen-bond acceptors (Lipinski definition) is 3. The fraction of sp³-hybridized carbons (Fsp3) is 0. The van der Waals surface area contributed by atoms with Gasteiger partial charge in [0, 0.05) is 5.69 Å². The highest BCUT2D eigenvalue weighted by molar-refractivity contribution is 7.81. The molecule has 3 heteroatoms. The van der Waals surface area contributed by atoms with Gasteiger partial charge < -0.3 is 4.72 Å². The smallest absolute Gasteiger partial charge is 0.0991 e. The first kappa shape index (κ1) is 6.97. The Morgan fingerprint density at radius 2 is 1.90 bits per heavy atom. The zero-order valence-corrected chi connectivity index (χ0v) is 6.10. The Bertz CT molecular complexity index is 247. The molecule has 0 heterocycles. The van der Waals surface area contributed by atoms with Gasteiger partial charge in [-0.1, -0.05) is 12.8 Å². The Kier molecular flexibility index (Phi) is 2.19. The number of rotatable bonds is 1. The zero-order chi connectivity index (χ0) is 7.40. The molecule has 1 aromatic rings. The van der Waals surface area contributed by atoms with Crippen molar-refractivity contribution in [3.8, 4) is 6.07 Å². The minimum absolute atomic E-state index is 0.660. The Balaban J connectivity index is 2.93. The maximum atomic E-state index is 8.41. The quantitative estimate of drug-likeness (QED) is 0.599. The molecule has 1 aromatic carbocycles. The summed E-state index contributed by atoms with van der Waals surface area (Å²) in [6, 6.07) is 9.09. The third kappa shape index (κ3) is 1.42. The minimum Gasteiger partial charge on any atom is -0.332 e. The minimum atomic E-state index is 0.660. The van der Waals surface area contributed by atoms with Crippen LogP contribution in [0.15, 0.2) is 24.3 Å². The highest BCUT2D eigenvalue weighted by Crippen LogP contribution is 2.08. The van der Waals surface area contributed by atoms with E-state index in [9.17, 15) is 0 Å². The molecule has 0 radical (unpaired) electrons. The molecular weight excluding hydrogens is 144 g/mol. The summed E-state index contributed by atoms with van der Waals surface area (Å²) < 4.78 is 2.66. The average Bonchev–Trinajstić information content (AvgIpc) is 2.05. The summed E-state index contributed by atoms with van der Waals surface area (Å²) in [6.45, 7) is 0. The Hall–Kier alpha value is -1.14. The van der Waals surface area contributed by atoms with Crippen LogP contribution in [0.5, 0.6) is 0 Å². The molecule has 1 N–H and O–H groups in total. The second kappa shape index (κ2) is 3.14. The third-order valence-corrected chi connectivity index (χ3v) is 1.40. The van der Waals surface area contributed by atoms with Crippen LogP contribution >= 0.6 is 12.8 Å². The van der Waals surface area contributed by atoms with E-state index in [2.05, 4.69) is 17.5 Å². The molecule has 50 valence electrons. The summed E-state index contributed by atoms with van der Waals surface area (Å²) in [7, 11) is 0. The lowest BCUT2D eigenvalue weighted by Crippen LogP contribution is -1.79. The molecule has 0 aromatic heterocycles. The topological polar surface area (TPSA) is 35.8 Å². The van der Waals surface area contributed by atoms with E-state index in [0.717, 1.165) is 5.69 Å². The molecular formula is C7H6N2S. The van der Waals surface area contributed by atoms with Crippen molar-refractivity contribution in [1.29, 1.82) is 5.26 Å². The van der Waals surface area contributed by atoms with Gasteiger partial charge in [-0.15, -0.1) is 0 Å². The average molecular weight is 150 g/mol. The van der Waals surface area contributed by atoms with Gasteiger partial charge in [-0.25, -0.2) is 0 Å². The van der Waals surface area contributed by atoms with Crippen LogP contribution in [-0.2, 0) is 0 Å². The second-order valence-electron chi connectivity index (χ2n) is 1.80. The van der Waals surface area contributed by atoms with Gasteiger partial charge in [0.2, 0.25) is 0 Å². The Morgan fingerprint density at radius 1 is 1.30 bits per heavy atom. The lowest BCUT2D eigenvalue weighted by atomic mass is 10.2. The molecule has 10 heavy (non-hydrogen) atoms. The predicted octanol–water partition coefficient (Wildman–Crippen LogP) is 1.81. The van der Waals surface area contributed by atoms with E-state index in [1.165, 1.54) is 0 Å². The van der Waals surface area contributed by atoms with Gasteiger partial charge >= 0.3 is 0 Å². The van der Waals surface area contributed by atoms with Crippen molar-refractivity contribution in [2.24, 2.45) is 0 Å². The van der Waals surface area contributed by atoms with Crippen LogP contribution < -0.4 is 4.72 Å². The van der Waals surface area contributed by atoms with Crippen molar-refractivity contribution in [1.82, 2.24) is 0 Å². The molecule has 0 fully saturated rings. The Morgan fingerprint density at radius 3 is 2.30 bits per heavy atom. The zero-order valence-electron chi connectivity index (χ0n) is 5.20. The molecule has 0 unspecified atom stereocenters. The number of hydrogen-bond donors (Lipinski definition) is 2. The molecule has 0 atom stereocenters. The van der Waals surface area contributed by atoms with Crippen molar-refractivity contribution in [3.63, 3.8) is 0 Å². The fourth-order valence-electron chi connectivity index (χ4n) is 0.619. The summed E-state index contributed by atoms with van der Waals surface area (Å²) >= 11 is 3.84. The summed E-state index contributed by atoms with van der Waals surface area (Å²) in [5, 5.41) is 8.41. The van der Waals surface area contributed by atoms with Crippen LogP contribution in [0.3, 0.4) is 0 Å². The normalized spacial score (nSPS) is 8.40.